The first kappa shape index (κ1) is 39.3. The van der Waals surface area contributed by atoms with Gasteiger partial charge in [-0.25, -0.2) is 17.2 Å². The van der Waals surface area contributed by atoms with Gasteiger partial charge in [0.1, 0.15) is 23.4 Å². The molecule has 2 aromatic rings. The molecule has 5 atom stereocenters. The van der Waals surface area contributed by atoms with Crippen LogP contribution in [-0.4, -0.2) is 96.7 Å². The van der Waals surface area contributed by atoms with Crippen molar-refractivity contribution in [1.29, 1.82) is 0 Å². The Balaban J connectivity index is 1.28. The monoisotopic (exact) mass is 770 g/mol. The molecular formula is C38H48F2N6O7S. The van der Waals surface area contributed by atoms with E-state index in [1.165, 1.54) is 4.90 Å². The molecule has 0 spiro atoms. The van der Waals surface area contributed by atoms with Gasteiger partial charge in [0.15, 0.2) is 0 Å². The minimum atomic E-state index is -4.11. The predicted octanol–water partition coefficient (Wildman–Crippen LogP) is 3.07. The lowest BCUT2D eigenvalue weighted by Crippen LogP contribution is -2.60. The number of alkyl halides is 2. The van der Waals surface area contributed by atoms with E-state index in [1.807, 2.05) is 74.0 Å². The SMILES string of the molecule is CC(C)(C)NC(=O)CN[C@H](C(=O)N1C[C@H](ON=C2c3ccccc3-c3ccccc32)C[C@H]1C(=O)N[C@@]1(C(=O)NS(=O)(=O)C2CC2)C[C@H]1C(F)F)C(C)(C)C. The molecule has 292 valence electrons. The fraction of sp³-hybridized carbons (Fsp3) is 0.553. The maximum absolute atomic E-state index is 14.5. The fourth-order valence-electron chi connectivity index (χ4n) is 7.21. The first-order valence-corrected chi connectivity index (χ1v) is 19.7. The van der Waals surface area contributed by atoms with E-state index in [-0.39, 0.29) is 25.4 Å². The number of hydrogen-bond acceptors (Lipinski definition) is 9. The highest BCUT2D eigenvalue weighted by Crippen LogP contribution is 2.48. The van der Waals surface area contributed by atoms with Crippen molar-refractivity contribution in [2.45, 2.75) is 108 Å². The zero-order chi connectivity index (χ0) is 39.4. The normalized spacial score (nSPS) is 24.0. The van der Waals surface area contributed by atoms with Crippen molar-refractivity contribution < 1.29 is 41.2 Å². The minimum absolute atomic E-state index is 0.115. The number of carbonyl (C=O) groups excluding carboxylic acids is 4. The summed E-state index contributed by atoms with van der Waals surface area (Å²) in [4.78, 5) is 62.1. The largest absolute Gasteiger partial charge is 0.390 e. The van der Waals surface area contributed by atoms with Gasteiger partial charge in [0.25, 0.3) is 5.91 Å². The molecule has 4 aliphatic rings. The summed E-state index contributed by atoms with van der Waals surface area (Å²) in [5, 5.41) is 12.0. The van der Waals surface area contributed by atoms with Crippen molar-refractivity contribution in [2.24, 2.45) is 16.5 Å². The smallest absolute Gasteiger partial charge is 0.259 e. The molecule has 4 N–H and O–H groups in total. The van der Waals surface area contributed by atoms with Crippen LogP contribution in [0.4, 0.5) is 8.78 Å². The Morgan fingerprint density at radius 3 is 2.02 bits per heavy atom. The van der Waals surface area contributed by atoms with E-state index >= 15 is 0 Å². The van der Waals surface area contributed by atoms with Gasteiger partial charge in [-0.05, 0) is 56.6 Å². The number of nitrogens with zero attached hydrogens (tertiary/aromatic N) is 2. The molecular weight excluding hydrogens is 723 g/mol. The third-order valence-corrected chi connectivity index (χ3v) is 12.0. The molecule has 0 radical (unpaired) electrons. The summed E-state index contributed by atoms with van der Waals surface area (Å²) < 4.78 is 55.4. The number of sulfonamides is 1. The Labute approximate surface area is 314 Å². The number of nitrogens with one attached hydrogen (secondary N) is 4. The van der Waals surface area contributed by atoms with E-state index in [1.54, 1.807) is 20.8 Å². The van der Waals surface area contributed by atoms with Gasteiger partial charge in [0.05, 0.1) is 30.3 Å². The van der Waals surface area contributed by atoms with Crippen molar-refractivity contribution in [3.05, 3.63) is 59.7 Å². The van der Waals surface area contributed by atoms with Gasteiger partial charge in [0.2, 0.25) is 34.2 Å². The van der Waals surface area contributed by atoms with Crippen LogP contribution < -0.4 is 20.7 Å². The Kier molecular flexibility index (Phi) is 10.4. The van der Waals surface area contributed by atoms with Crippen LogP contribution in [0.3, 0.4) is 0 Å². The van der Waals surface area contributed by atoms with Crippen molar-refractivity contribution in [3.63, 3.8) is 0 Å². The average molecular weight is 771 g/mol. The second-order valence-electron chi connectivity index (χ2n) is 16.8. The highest BCUT2D eigenvalue weighted by atomic mass is 32.2. The van der Waals surface area contributed by atoms with E-state index in [2.05, 4.69) is 21.1 Å². The van der Waals surface area contributed by atoms with Crippen LogP contribution in [0.25, 0.3) is 11.1 Å². The van der Waals surface area contributed by atoms with Crippen LogP contribution >= 0.6 is 0 Å². The molecule has 1 saturated heterocycles. The highest BCUT2D eigenvalue weighted by Gasteiger charge is 2.67. The molecule has 1 heterocycles. The summed E-state index contributed by atoms with van der Waals surface area (Å²) >= 11 is 0. The summed E-state index contributed by atoms with van der Waals surface area (Å²) in [7, 11) is -4.11. The van der Waals surface area contributed by atoms with Crippen molar-refractivity contribution in [2.75, 3.05) is 13.1 Å². The second-order valence-corrected chi connectivity index (χ2v) is 18.7. The number of halogens is 2. The van der Waals surface area contributed by atoms with Crippen molar-refractivity contribution >= 4 is 39.4 Å². The molecule has 6 rings (SSSR count). The van der Waals surface area contributed by atoms with Gasteiger partial charge in [0, 0.05) is 23.1 Å². The summed E-state index contributed by atoms with van der Waals surface area (Å²) in [6.07, 6.45) is -3.79. The molecule has 4 amide bonds. The summed E-state index contributed by atoms with van der Waals surface area (Å²) in [6.45, 7) is 10.5. The first-order valence-electron chi connectivity index (χ1n) is 18.2. The summed E-state index contributed by atoms with van der Waals surface area (Å²) in [6, 6.07) is 13.1. The summed E-state index contributed by atoms with van der Waals surface area (Å²) in [5.41, 5.74) is 0.694. The summed E-state index contributed by atoms with van der Waals surface area (Å²) in [5.74, 6) is -4.69. The molecule has 2 saturated carbocycles. The van der Waals surface area contributed by atoms with E-state index < -0.39 is 86.4 Å². The van der Waals surface area contributed by atoms with E-state index in [4.69, 9.17) is 4.84 Å². The van der Waals surface area contributed by atoms with Crippen LogP contribution in [0, 0.1) is 11.3 Å². The average Bonchev–Trinajstić information content (AvgIpc) is 3.99. The number of rotatable bonds is 12. The van der Waals surface area contributed by atoms with Gasteiger partial charge in [-0.15, -0.1) is 0 Å². The molecule has 2 aromatic carbocycles. The third-order valence-electron chi connectivity index (χ3n) is 10.2. The molecule has 3 fully saturated rings. The topological polar surface area (TPSA) is 175 Å². The number of hydrogen-bond donors (Lipinski definition) is 4. The van der Waals surface area contributed by atoms with Crippen LogP contribution in [0.5, 0.6) is 0 Å². The molecule has 0 aromatic heterocycles. The first-order chi connectivity index (χ1) is 25.2. The van der Waals surface area contributed by atoms with Crippen molar-refractivity contribution in [1.82, 2.24) is 25.6 Å². The maximum Gasteiger partial charge on any atom is 0.259 e. The number of amides is 4. The number of carbonyl (C=O) groups is 4. The number of likely N-dealkylation sites (tertiary alicyclic amines) is 1. The standard InChI is InChI=1S/C38H48F2N6O7S/c1-36(2,3)31(41-19-29(47)42-37(4,5)6)34(49)46-20-21(53-44-30-25-13-9-7-11-23(25)24-12-8-10-14-26(24)30)17-28(46)33(48)43-38(18-27(38)32(39)40)35(50)45-54(51,52)22-15-16-22/h7-14,21-22,27-28,31-32,41H,15-20H2,1-6H3,(H,42,47)(H,43,48)(H,45,50)/t21-,27+,28+,31-,38+/m1/s1. The fourth-order valence-corrected chi connectivity index (χ4v) is 8.58. The number of benzene rings is 2. The lowest BCUT2D eigenvalue weighted by molar-refractivity contribution is -0.143. The van der Waals surface area contributed by atoms with Gasteiger partial charge in [-0.1, -0.05) is 74.5 Å². The van der Waals surface area contributed by atoms with E-state index in [0.717, 1.165) is 22.3 Å². The molecule has 54 heavy (non-hydrogen) atoms. The number of oxime groups is 1. The van der Waals surface area contributed by atoms with Crippen LogP contribution in [0.1, 0.15) is 78.4 Å². The van der Waals surface area contributed by atoms with Gasteiger partial charge >= 0.3 is 0 Å². The Morgan fingerprint density at radius 1 is 0.944 bits per heavy atom. The molecule has 13 nitrogen and oxygen atoms in total. The van der Waals surface area contributed by atoms with E-state index in [9.17, 15) is 36.4 Å². The molecule has 0 bridgehead atoms. The second kappa shape index (κ2) is 14.3. The predicted molar refractivity (Wildman–Crippen MR) is 197 cm³/mol. The zero-order valence-corrected chi connectivity index (χ0v) is 32.1. The molecule has 3 aliphatic carbocycles. The Bertz CT molecular complexity index is 1930. The van der Waals surface area contributed by atoms with Crippen LogP contribution in [0.2, 0.25) is 0 Å². The number of fused-ring (bicyclic) bond motifs is 3. The Hall–Kier alpha value is -4.44. The van der Waals surface area contributed by atoms with Gasteiger partial charge in [-0.2, -0.15) is 0 Å². The van der Waals surface area contributed by atoms with Crippen LogP contribution in [0.15, 0.2) is 53.7 Å². The lowest BCUT2D eigenvalue weighted by atomic mass is 9.85. The highest BCUT2D eigenvalue weighted by molar-refractivity contribution is 7.91. The third kappa shape index (κ3) is 8.14. The van der Waals surface area contributed by atoms with Crippen molar-refractivity contribution in [3.8, 4) is 11.1 Å². The quantitative estimate of drug-likeness (QED) is 0.203. The van der Waals surface area contributed by atoms with Crippen LogP contribution in [-0.2, 0) is 34.0 Å². The molecule has 0 unspecified atom stereocenters. The zero-order valence-electron chi connectivity index (χ0n) is 31.2. The maximum atomic E-state index is 14.5. The van der Waals surface area contributed by atoms with Gasteiger partial charge in [-0.3, -0.25) is 29.2 Å². The van der Waals surface area contributed by atoms with Gasteiger partial charge < -0.3 is 20.4 Å². The molecule has 1 aliphatic heterocycles. The minimum Gasteiger partial charge on any atom is -0.390 e. The Morgan fingerprint density at radius 2 is 1.52 bits per heavy atom. The molecule has 16 heteroatoms. The van der Waals surface area contributed by atoms with E-state index in [0.29, 0.717) is 18.6 Å². The lowest BCUT2D eigenvalue weighted by Gasteiger charge is -2.36.